The number of amides is 1. The molecule has 102 valence electrons. The van der Waals surface area contributed by atoms with Crippen LogP contribution in [0.25, 0.3) is 0 Å². The number of hydrogen-bond acceptors (Lipinski definition) is 5. The lowest BCUT2D eigenvalue weighted by molar-refractivity contribution is -0.151. The molecule has 1 unspecified atom stereocenters. The molecule has 0 N–H and O–H groups in total. The number of nitrogens with zero attached hydrogens (tertiary/aromatic N) is 1. The Morgan fingerprint density at radius 2 is 2.17 bits per heavy atom. The molecule has 1 rings (SSSR count). The molecule has 1 heterocycles. The Labute approximate surface area is 106 Å². The van der Waals surface area contributed by atoms with E-state index in [1.54, 1.807) is 0 Å². The predicted octanol–water partition coefficient (Wildman–Crippen LogP) is 0.987. The number of likely N-dealkylation sites (tertiary alicyclic amines) is 1. The van der Waals surface area contributed by atoms with E-state index in [0.717, 1.165) is 12.8 Å². The van der Waals surface area contributed by atoms with Crippen molar-refractivity contribution in [1.82, 2.24) is 4.90 Å². The number of rotatable bonds is 4. The Bertz CT molecular complexity index is 320. The number of ether oxygens (including phenoxy) is 2. The Morgan fingerprint density at radius 3 is 2.78 bits per heavy atom. The van der Waals surface area contributed by atoms with Gasteiger partial charge in [0.1, 0.15) is 5.92 Å². The topological polar surface area (TPSA) is 72.9 Å². The predicted molar refractivity (Wildman–Crippen MR) is 63.0 cm³/mol. The number of carbonyl (C=O) groups excluding carboxylic acids is 3. The van der Waals surface area contributed by atoms with Gasteiger partial charge in [0.15, 0.2) is 5.78 Å². The van der Waals surface area contributed by atoms with Crippen molar-refractivity contribution >= 4 is 17.8 Å². The van der Waals surface area contributed by atoms with Crippen LogP contribution in [0.1, 0.15) is 26.2 Å². The third-order valence-corrected chi connectivity index (χ3v) is 2.89. The first-order chi connectivity index (χ1) is 8.60. The maximum absolute atomic E-state index is 11.7. The maximum atomic E-state index is 11.7. The van der Waals surface area contributed by atoms with Gasteiger partial charge in [-0.1, -0.05) is 13.3 Å². The third-order valence-electron chi connectivity index (χ3n) is 2.89. The molecule has 0 radical (unpaired) electrons. The van der Waals surface area contributed by atoms with E-state index in [1.165, 1.54) is 12.0 Å². The average Bonchev–Trinajstić information content (AvgIpc) is 2.38. The van der Waals surface area contributed by atoms with Crippen molar-refractivity contribution < 1.29 is 23.9 Å². The zero-order valence-corrected chi connectivity index (χ0v) is 10.8. The first-order valence-corrected chi connectivity index (χ1v) is 6.12. The molecule has 1 saturated heterocycles. The molecule has 1 aliphatic rings. The van der Waals surface area contributed by atoms with Gasteiger partial charge in [0.2, 0.25) is 0 Å². The van der Waals surface area contributed by atoms with Gasteiger partial charge in [-0.05, 0) is 6.42 Å². The molecule has 0 aromatic heterocycles. The highest BCUT2D eigenvalue weighted by Gasteiger charge is 2.35. The minimum absolute atomic E-state index is 0.0520. The molecule has 0 aromatic rings. The van der Waals surface area contributed by atoms with Crippen LogP contribution in [0, 0.1) is 5.92 Å². The van der Waals surface area contributed by atoms with Gasteiger partial charge in [-0.15, -0.1) is 0 Å². The quantitative estimate of drug-likeness (QED) is 0.426. The summed E-state index contributed by atoms with van der Waals surface area (Å²) in [4.78, 5) is 36.0. The van der Waals surface area contributed by atoms with Crippen LogP contribution in [0.2, 0.25) is 0 Å². The summed E-state index contributed by atoms with van der Waals surface area (Å²) in [6.07, 6.45) is 1.45. The first-order valence-electron chi connectivity index (χ1n) is 6.12. The van der Waals surface area contributed by atoms with Crippen LogP contribution in [0.5, 0.6) is 0 Å². The Hall–Kier alpha value is -1.59. The van der Waals surface area contributed by atoms with Crippen LogP contribution in [0.3, 0.4) is 0 Å². The lowest BCUT2D eigenvalue weighted by atomic mass is 9.97. The van der Waals surface area contributed by atoms with Crippen molar-refractivity contribution in [1.29, 1.82) is 0 Å². The number of methoxy groups -OCH3 is 1. The minimum atomic E-state index is -0.873. The first kappa shape index (κ1) is 14.5. The molecule has 1 atom stereocenters. The van der Waals surface area contributed by atoms with Crippen molar-refractivity contribution in [2.75, 3.05) is 26.8 Å². The normalized spacial score (nSPS) is 19.6. The van der Waals surface area contributed by atoms with E-state index >= 15 is 0 Å². The largest absolute Gasteiger partial charge is 0.468 e. The Morgan fingerprint density at radius 1 is 1.44 bits per heavy atom. The fraction of sp³-hybridized carbons (Fsp3) is 0.750. The minimum Gasteiger partial charge on any atom is -0.468 e. The van der Waals surface area contributed by atoms with Crippen molar-refractivity contribution in [2.45, 2.75) is 26.2 Å². The van der Waals surface area contributed by atoms with Gasteiger partial charge < -0.3 is 14.4 Å². The van der Waals surface area contributed by atoms with Crippen LogP contribution >= 0.6 is 0 Å². The van der Waals surface area contributed by atoms with Crippen molar-refractivity contribution in [3.63, 3.8) is 0 Å². The molecule has 0 bridgehead atoms. The summed E-state index contributed by atoms with van der Waals surface area (Å²) < 4.78 is 9.59. The Kier molecular flexibility index (Phi) is 5.61. The second-order valence-corrected chi connectivity index (χ2v) is 4.21. The fourth-order valence-electron chi connectivity index (χ4n) is 1.74. The molecular weight excluding hydrogens is 238 g/mol. The zero-order valence-electron chi connectivity index (χ0n) is 10.8. The molecule has 1 aliphatic heterocycles. The number of piperidine rings is 1. The number of esters is 1. The van der Waals surface area contributed by atoms with Gasteiger partial charge in [-0.3, -0.25) is 9.59 Å². The van der Waals surface area contributed by atoms with Gasteiger partial charge in [0.25, 0.3) is 0 Å². The van der Waals surface area contributed by atoms with Gasteiger partial charge in [0, 0.05) is 19.5 Å². The van der Waals surface area contributed by atoms with E-state index in [1.807, 2.05) is 6.92 Å². The smallest absolute Gasteiger partial charge is 0.409 e. The summed E-state index contributed by atoms with van der Waals surface area (Å²) in [7, 11) is 1.23. The number of ketones is 1. The van der Waals surface area contributed by atoms with Crippen LogP contribution in [-0.2, 0) is 19.1 Å². The summed E-state index contributed by atoms with van der Waals surface area (Å²) in [5.74, 6) is -1.65. The highest BCUT2D eigenvalue weighted by Crippen LogP contribution is 2.15. The maximum Gasteiger partial charge on any atom is 0.409 e. The van der Waals surface area contributed by atoms with Crippen LogP contribution in [0.4, 0.5) is 4.79 Å². The van der Waals surface area contributed by atoms with Crippen molar-refractivity contribution in [3.8, 4) is 0 Å². The van der Waals surface area contributed by atoms with Crippen molar-refractivity contribution in [3.05, 3.63) is 0 Å². The van der Waals surface area contributed by atoms with E-state index in [0.29, 0.717) is 13.2 Å². The van der Waals surface area contributed by atoms with E-state index in [4.69, 9.17) is 4.74 Å². The molecule has 6 heteroatoms. The molecule has 1 fully saturated rings. The summed E-state index contributed by atoms with van der Waals surface area (Å²) in [5.41, 5.74) is 0. The van der Waals surface area contributed by atoms with Gasteiger partial charge >= 0.3 is 12.1 Å². The molecule has 0 aromatic carbocycles. The monoisotopic (exact) mass is 257 g/mol. The summed E-state index contributed by atoms with van der Waals surface area (Å²) >= 11 is 0. The zero-order chi connectivity index (χ0) is 13.5. The number of carbonyl (C=O) groups is 3. The van der Waals surface area contributed by atoms with E-state index in [9.17, 15) is 14.4 Å². The van der Waals surface area contributed by atoms with Crippen LogP contribution in [0.15, 0.2) is 0 Å². The number of Topliss-reactive ketones (excluding diaryl/α,β-unsaturated/α-hetero) is 1. The standard InChI is InChI=1S/C12H19NO5/c1-3-4-7-18-12(16)13-6-5-10(14)9(8-13)11(15)17-2/h9H,3-8H2,1-2H3. The molecule has 0 aliphatic carbocycles. The summed E-state index contributed by atoms with van der Waals surface area (Å²) in [6, 6.07) is 0. The van der Waals surface area contributed by atoms with E-state index in [-0.39, 0.29) is 18.7 Å². The van der Waals surface area contributed by atoms with E-state index in [2.05, 4.69) is 4.74 Å². The summed E-state index contributed by atoms with van der Waals surface area (Å²) in [5, 5.41) is 0. The molecule has 0 spiro atoms. The molecule has 0 saturated carbocycles. The molecular formula is C12H19NO5. The van der Waals surface area contributed by atoms with Gasteiger partial charge in [-0.25, -0.2) is 4.79 Å². The molecule has 18 heavy (non-hydrogen) atoms. The summed E-state index contributed by atoms with van der Waals surface area (Å²) in [6.45, 7) is 2.72. The van der Waals surface area contributed by atoms with Crippen LogP contribution < -0.4 is 0 Å². The molecule has 1 amide bonds. The van der Waals surface area contributed by atoms with Gasteiger partial charge in [0.05, 0.1) is 13.7 Å². The van der Waals surface area contributed by atoms with Crippen LogP contribution in [-0.4, -0.2) is 49.6 Å². The number of unbranched alkanes of at least 4 members (excludes halogenated alkanes) is 1. The average molecular weight is 257 g/mol. The third kappa shape index (κ3) is 3.72. The highest BCUT2D eigenvalue weighted by molar-refractivity contribution is 6.00. The van der Waals surface area contributed by atoms with E-state index < -0.39 is 18.0 Å². The van der Waals surface area contributed by atoms with Gasteiger partial charge in [-0.2, -0.15) is 0 Å². The fourth-order valence-corrected chi connectivity index (χ4v) is 1.74. The lowest BCUT2D eigenvalue weighted by Gasteiger charge is -2.29. The molecule has 6 nitrogen and oxygen atoms in total. The van der Waals surface area contributed by atoms with Crippen molar-refractivity contribution in [2.24, 2.45) is 5.92 Å². The second-order valence-electron chi connectivity index (χ2n) is 4.21. The lowest BCUT2D eigenvalue weighted by Crippen LogP contribution is -2.47. The number of hydrogen-bond donors (Lipinski definition) is 0. The highest BCUT2D eigenvalue weighted by atomic mass is 16.6. The SMILES string of the molecule is CCCCOC(=O)N1CCC(=O)C(C(=O)OC)C1. The Balaban J connectivity index is 2.50. The second kappa shape index (κ2) is 6.98.